The van der Waals surface area contributed by atoms with Crippen LogP contribution in [0.5, 0.6) is 0 Å². The summed E-state index contributed by atoms with van der Waals surface area (Å²) in [6, 6.07) is 4.06. The second kappa shape index (κ2) is 10.5. The number of aliphatic hydroxyl groups excluding tert-OH is 3. The molecular formula is C28H42O3S. The van der Waals surface area contributed by atoms with Gasteiger partial charge in [-0.15, -0.1) is 11.3 Å². The fourth-order valence-corrected chi connectivity index (χ4v) is 7.95. The van der Waals surface area contributed by atoms with Crippen LogP contribution in [0.4, 0.5) is 0 Å². The van der Waals surface area contributed by atoms with Crippen molar-refractivity contribution in [3.8, 4) is 0 Å². The highest BCUT2D eigenvalue weighted by molar-refractivity contribution is 7.10. The molecule has 0 aliphatic heterocycles. The molecule has 3 fully saturated rings. The summed E-state index contributed by atoms with van der Waals surface area (Å²) in [6.07, 6.45) is 15.0. The lowest BCUT2D eigenvalue weighted by Gasteiger charge is -2.44. The second-order valence-electron chi connectivity index (χ2n) is 11.1. The van der Waals surface area contributed by atoms with Crippen LogP contribution in [0.1, 0.15) is 95.5 Å². The van der Waals surface area contributed by atoms with E-state index in [1.54, 1.807) is 16.9 Å². The van der Waals surface area contributed by atoms with Crippen molar-refractivity contribution in [2.24, 2.45) is 23.2 Å². The van der Waals surface area contributed by atoms with Crippen LogP contribution >= 0.6 is 11.3 Å². The van der Waals surface area contributed by atoms with Crippen molar-refractivity contribution in [1.82, 2.24) is 0 Å². The standard InChI is InChI=1S/C28H42O3S/c1-19(6-3-8-26(31)27-9-5-15-32-27)24-12-13-25-21(7-4-14-28(24,25)2)11-10-20-16-22(29)18-23(30)17-20/h5,9-11,15,19,22-26,29-31H,3-4,6-8,12-14,16-18H2,1-2H3/b21-11+/t19-,22+,23+,24+,25-,26+,28+/m0/s1. The van der Waals surface area contributed by atoms with Gasteiger partial charge < -0.3 is 15.3 Å². The Bertz CT molecular complexity index is 786. The number of fused-ring (bicyclic) bond motifs is 1. The Morgan fingerprint density at radius 1 is 1.16 bits per heavy atom. The highest BCUT2D eigenvalue weighted by Crippen LogP contribution is 2.60. The molecule has 0 saturated heterocycles. The monoisotopic (exact) mass is 458 g/mol. The first kappa shape index (κ1) is 24.2. The van der Waals surface area contributed by atoms with Crippen molar-refractivity contribution in [2.45, 2.75) is 103 Å². The molecule has 0 amide bonds. The summed E-state index contributed by atoms with van der Waals surface area (Å²) in [7, 11) is 0. The molecule has 4 heteroatoms. The summed E-state index contributed by atoms with van der Waals surface area (Å²) >= 11 is 1.66. The summed E-state index contributed by atoms with van der Waals surface area (Å²) in [6.45, 7) is 4.99. The van der Waals surface area contributed by atoms with Crippen LogP contribution in [0.15, 0.2) is 40.8 Å². The molecule has 1 heterocycles. The molecule has 1 aromatic heterocycles. The molecule has 3 aliphatic carbocycles. The number of aliphatic hydroxyl groups is 3. The van der Waals surface area contributed by atoms with Crippen LogP contribution in [0.3, 0.4) is 0 Å². The fourth-order valence-electron chi connectivity index (χ4n) is 7.20. The molecule has 3 N–H and O–H groups in total. The van der Waals surface area contributed by atoms with Crippen LogP contribution in [0, 0.1) is 23.2 Å². The van der Waals surface area contributed by atoms with Gasteiger partial charge in [-0.25, -0.2) is 0 Å². The Morgan fingerprint density at radius 2 is 1.94 bits per heavy atom. The maximum Gasteiger partial charge on any atom is 0.0882 e. The molecule has 32 heavy (non-hydrogen) atoms. The van der Waals surface area contributed by atoms with E-state index < -0.39 is 12.2 Å². The van der Waals surface area contributed by atoms with E-state index in [1.165, 1.54) is 44.1 Å². The summed E-state index contributed by atoms with van der Waals surface area (Å²) in [5.74, 6) is 2.14. The molecule has 0 spiro atoms. The van der Waals surface area contributed by atoms with E-state index in [1.807, 2.05) is 17.5 Å². The van der Waals surface area contributed by atoms with Gasteiger partial charge in [0.15, 0.2) is 0 Å². The highest BCUT2D eigenvalue weighted by Gasteiger charge is 2.50. The van der Waals surface area contributed by atoms with Crippen molar-refractivity contribution in [3.05, 3.63) is 45.7 Å². The molecule has 0 bridgehead atoms. The van der Waals surface area contributed by atoms with E-state index in [9.17, 15) is 15.3 Å². The Hall–Kier alpha value is -0.940. The first-order chi connectivity index (χ1) is 15.4. The zero-order chi connectivity index (χ0) is 22.7. The second-order valence-corrected chi connectivity index (χ2v) is 12.0. The van der Waals surface area contributed by atoms with Crippen LogP contribution in [0.2, 0.25) is 0 Å². The minimum atomic E-state index is -0.393. The van der Waals surface area contributed by atoms with Gasteiger partial charge in [0, 0.05) is 4.88 Å². The molecule has 0 aromatic carbocycles. The predicted octanol–water partition coefficient (Wildman–Crippen LogP) is 6.56. The van der Waals surface area contributed by atoms with Crippen molar-refractivity contribution in [1.29, 1.82) is 0 Å². The minimum absolute atomic E-state index is 0.303. The lowest BCUT2D eigenvalue weighted by Crippen LogP contribution is -2.36. The first-order valence-electron chi connectivity index (χ1n) is 12.8. The Morgan fingerprint density at radius 3 is 2.66 bits per heavy atom. The quantitative estimate of drug-likeness (QED) is 0.433. The van der Waals surface area contributed by atoms with Crippen LogP contribution in [-0.2, 0) is 0 Å². The zero-order valence-corrected chi connectivity index (χ0v) is 20.7. The Kier molecular flexibility index (Phi) is 7.97. The van der Waals surface area contributed by atoms with E-state index in [4.69, 9.17) is 0 Å². The molecule has 3 nitrogen and oxygen atoms in total. The zero-order valence-electron chi connectivity index (χ0n) is 19.9. The van der Waals surface area contributed by atoms with Gasteiger partial charge in [0.1, 0.15) is 0 Å². The average molecular weight is 459 g/mol. The third kappa shape index (κ3) is 5.41. The van der Waals surface area contributed by atoms with Gasteiger partial charge >= 0.3 is 0 Å². The minimum Gasteiger partial charge on any atom is -0.393 e. The maximum absolute atomic E-state index is 10.4. The summed E-state index contributed by atoms with van der Waals surface area (Å²) in [5, 5.41) is 32.5. The van der Waals surface area contributed by atoms with Crippen LogP contribution < -0.4 is 0 Å². The molecular weight excluding hydrogens is 416 g/mol. The molecule has 4 rings (SSSR count). The smallest absolute Gasteiger partial charge is 0.0882 e. The number of hydrogen-bond acceptors (Lipinski definition) is 4. The average Bonchev–Trinajstić information content (AvgIpc) is 3.39. The van der Waals surface area contributed by atoms with Crippen molar-refractivity contribution >= 4 is 11.3 Å². The lowest BCUT2D eigenvalue weighted by atomic mass is 9.60. The normalized spacial score (nSPS) is 36.2. The summed E-state index contributed by atoms with van der Waals surface area (Å²) in [5.41, 5.74) is 3.19. The SMILES string of the molecule is C[C@@H](CCC[C@@H](O)c1cccs1)[C@H]1CC[C@H]2/C(=C/C=C3C[C@@H](O)C[C@H](O)C3)CCC[C@]12C. The van der Waals surface area contributed by atoms with Crippen molar-refractivity contribution < 1.29 is 15.3 Å². The van der Waals surface area contributed by atoms with Crippen LogP contribution in [-0.4, -0.2) is 27.5 Å². The number of thiophene rings is 1. The molecule has 178 valence electrons. The Balaban J connectivity index is 1.36. The molecule has 7 atom stereocenters. The van der Waals surface area contributed by atoms with Gasteiger partial charge in [-0.3, -0.25) is 0 Å². The molecule has 3 saturated carbocycles. The van der Waals surface area contributed by atoms with Crippen molar-refractivity contribution in [2.75, 3.05) is 0 Å². The van der Waals surface area contributed by atoms with Gasteiger partial charge in [-0.1, -0.05) is 56.1 Å². The van der Waals surface area contributed by atoms with Crippen LogP contribution in [0.25, 0.3) is 0 Å². The molecule has 0 unspecified atom stereocenters. The van der Waals surface area contributed by atoms with E-state index >= 15 is 0 Å². The van der Waals surface area contributed by atoms with E-state index in [0.29, 0.717) is 36.5 Å². The Labute approximate surface area is 198 Å². The summed E-state index contributed by atoms with van der Waals surface area (Å²) in [4.78, 5) is 1.10. The number of allylic oxidation sites excluding steroid dienone is 3. The highest BCUT2D eigenvalue weighted by atomic mass is 32.1. The molecule has 1 aromatic rings. The van der Waals surface area contributed by atoms with Gasteiger partial charge in [0.05, 0.1) is 18.3 Å². The van der Waals surface area contributed by atoms with Crippen molar-refractivity contribution in [3.63, 3.8) is 0 Å². The van der Waals surface area contributed by atoms with Gasteiger partial charge in [0.2, 0.25) is 0 Å². The van der Waals surface area contributed by atoms with Gasteiger partial charge in [-0.2, -0.15) is 0 Å². The topological polar surface area (TPSA) is 60.7 Å². The predicted molar refractivity (Wildman–Crippen MR) is 132 cm³/mol. The first-order valence-corrected chi connectivity index (χ1v) is 13.7. The van der Waals surface area contributed by atoms with Gasteiger partial charge in [-0.05, 0) is 92.4 Å². The largest absolute Gasteiger partial charge is 0.393 e. The maximum atomic E-state index is 10.4. The number of rotatable bonds is 7. The molecule has 0 radical (unpaired) electrons. The fraction of sp³-hybridized carbons (Fsp3) is 0.714. The molecule has 3 aliphatic rings. The third-order valence-electron chi connectivity index (χ3n) is 8.81. The number of hydrogen-bond donors (Lipinski definition) is 3. The third-order valence-corrected chi connectivity index (χ3v) is 9.78. The summed E-state index contributed by atoms with van der Waals surface area (Å²) < 4.78 is 0. The van der Waals surface area contributed by atoms with Gasteiger partial charge in [0.25, 0.3) is 0 Å². The van der Waals surface area contributed by atoms with E-state index in [2.05, 4.69) is 26.0 Å². The van der Waals surface area contributed by atoms with E-state index in [-0.39, 0.29) is 6.10 Å². The lowest BCUT2D eigenvalue weighted by molar-refractivity contribution is 0.0609. The van der Waals surface area contributed by atoms with E-state index in [0.717, 1.165) is 23.6 Å².